The predicted octanol–water partition coefficient (Wildman–Crippen LogP) is 3.08. The average molecular weight is 419 g/mol. The van der Waals surface area contributed by atoms with Crippen LogP contribution in [0, 0.1) is 11.3 Å². The quantitative estimate of drug-likeness (QED) is 0.754. The van der Waals surface area contributed by atoms with Crippen molar-refractivity contribution in [2.75, 3.05) is 26.2 Å². The first kappa shape index (κ1) is 21.4. The summed E-state index contributed by atoms with van der Waals surface area (Å²) in [6.45, 7) is 4.68. The van der Waals surface area contributed by atoms with Crippen molar-refractivity contribution in [3.8, 4) is 11.8 Å². The van der Waals surface area contributed by atoms with Crippen molar-refractivity contribution in [3.05, 3.63) is 65.2 Å². The summed E-state index contributed by atoms with van der Waals surface area (Å²) in [4.78, 5) is 15.3. The monoisotopic (exact) mass is 418 g/mol. The number of nitriles is 1. The summed E-state index contributed by atoms with van der Waals surface area (Å²) in [5.41, 5.74) is 2.54. The molecule has 0 aliphatic carbocycles. The Balaban J connectivity index is 1.30. The molecule has 1 amide bonds. The summed E-state index contributed by atoms with van der Waals surface area (Å²) in [5, 5.41) is 15.4. The third-order valence-electron chi connectivity index (χ3n) is 6.12. The van der Waals surface area contributed by atoms with Crippen molar-refractivity contribution in [3.63, 3.8) is 0 Å². The molecule has 2 fully saturated rings. The number of rotatable bonds is 6. The fourth-order valence-electron chi connectivity index (χ4n) is 4.29. The minimum Gasteiger partial charge on any atom is -0.489 e. The van der Waals surface area contributed by atoms with Crippen LogP contribution >= 0.6 is 0 Å². The van der Waals surface area contributed by atoms with E-state index < -0.39 is 0 Å². The van der Waals surface area contributed by atoms with E-state index >= 15 is 0 Å². The number of piperidine rings is 2. The largest absolute Gasteiger partial charge is 0.489 e. The normalized spacial score (nSPS) is 18.3. The van der Waals surface area contributed by atoms with Gasteiger partial charge in [-0.3, -0.25) is 9.69 Å². The average Bonchev–Trinajstić information content (AvgIpc) is 2.82. The first-order valence-corrected chi connectivity index (χ1v) is 11.2. The van der Waals surface area contributed by atoms with Crippen molar-refractivity contribution in [2.24, 2.45) is 0 Å². The van der Waals surface area contributed by atoms with Crippen LogP contribution in [0.15, 0.2) is 48.5 Å². The molecular formula is C25H30N4O2. The molecule has 4 rings (SSSR count). The lowest BCUT2D eigenvalue weighted by atomic mass is 10.0. The topological polar surface area (TPSA) is 77.4 Å². The Kier molecular flexibility index (Phi) is 7.18. The highest BCUT2D eigenvalue weighted by molar-refractivity contribution is 5.97. The molecule has 162 valence electrons. The zero-order valence-corrected chi connectivity index (χ0v) is 17.8. The summed E-state index contributed by atoms with van der Waals surface area (Å²) in [7, 11) is 0. The second-order valence-corrected chi connectivity index (χ2v) is 8.40. The summed E-state index contributed by atoms with van der Waals surface area (Å²) in [5.74, 6) is 0.639. The minimum absolute atomic E-state index is 0.0410. The molecule has 0 saturated carbocycles. The molecule has 0 unspecified atom stereocenters. The fourth-order valence-corrected chi connectivity index (χ4v) is 4.29. The standard InChI is InChI=1S/C25H30N4O2/c26-17-19-5-7-20(8-6-19)18-29-15-11-22(12-16-29)31-24-4-2-1-3-23(24)25(30)28-21-9-13-27-14-10-21/h1-8,21-22,27H,9-16,18H2,(H,28,30). The minimum atomic E-state index is -0.0410. The molecule has 6 nitrogen and oxygen atoms in total. The van der Waals surface area contributed by atoms with Crippen LogP contribution in [0.5, 0.6) is 5.75 Å². The Hall–Kier alpha value is -2.88. The van der Waals surface area contributed by atoms with E-state index in [2.05, 4.69) is 21.6 Å². The van der Waals surface area contributed by atoms with E-state index in [9.17, 15) is 4.79 Å². The molecule has 2 saturated heterocycles. The number of likely N-dealkylation sites (tertiary alicyclic amines) is 1. The van der Waals surface area contributed by atoms with Crippen molar-refractivity contribution in [1.29, 1.82) is 5.26 Å². The van der Waals surface area contributed by atoms with E-state index in [1.165, 1.54) is 5.56 Å². The second-order valence-electron chi connectivity index (χ2n) is 8.40. The summed E-state index contributed by atoms with van der Waals surface area (Å²) >= 11 is 0. The first-order valence-electron chi connectivity index (χ1n) is 11.2. The van der Waals surface area contributed by atoms with Crippen LogP contribution in [0.25, 0.3) is 0 Å². The molecule has 2 aliphatic rings. The number of carbonyl (C=O) groups excluding carboxylic acids is 1. The van der Waals surface area contributed by atoms with Gasteiger partial charge in [0.25, 0.3) is 5.91 Å². The van der Waals surface area contributed by atoms with Crippen LogP contribution in [-0.2, 0) is 6.54 Å². The second kappa shape index (κ2) is 10.4. The smallest absolute Gasteiger partial charge is 0.255 e. The number of amides is 1. The van der Waals surface area contributed by atoms with Gasteiger partial charge in [-0.15, -0.1) is 0 Å². The van der Waals surface area contributed by atoms with Crippen LogP contribution in [0.2, 0.25) is 0 Å². The van der Waals surface area contributed by atoms with Gasteiger partial charge in [0.15, 0.2) is 0 Å². The van der Waals surface area contributed by atoms with Gasteiger partial charge in [-0.2, -0.15) is 5.26 Å². The number of para-hydroxylation sites is 1. The van der Waals surface area contributed by atoms with Crippen molar-refractivity contribution < 1.29 is 9.53 Å². The van der Waals surface area contributed by atoms with Gasteiger partial charge in [0.2, 0.25) is 0 Å². The van der Waals surface area contributed by atoms with Gasteiger partial charge in [-0.05, 0) is 68.6 Å². The molecular weight excluding hydrogens is 388 g/mol. The molecule has 2 aliphatic heterocycles. The Morgan fingerprint density at radius 3 is 2.48 bits per heavy atom. The number of hydrogen-bond donors (Lipinski definition) is 2. The molecule has 0 radical (unpaired) electrons. The lowest BCUT2D eigenvalue weighted by molar-refractivity contribution is 0.0877. The molecule has 31 heavy (non-hydrogen) atoms. The highest BCUT2D eigenvalue weighted by atomic mass is 16.5. The van der Waals surface area contributed by atoms with E-state index in [4.69, 9.17) is 10.00 Å². The predicted molar refractivity (Wildman–Crippen MR) is 120 cm³/mol. The third kappa shape index (κ3) is 5.84. The van der Waals surface area contributed by atoms with Gasteiger partial charge in [0.05, 0.1) is 17.2 Å². The number of nitrogens with one attached hydrogen (secondary N) is 2. The number of nitrogens with zero attached hydrogens (tertiary/aromatic N) is 2. The van der Waals surface area contributed by atoms with Gasteiger partial charge in [-0.25, -0.2) is 0 Å². The third-order valence-corrected chi connectivity index (χ3v) is 6.12. The van der Waals surface area contributed by atoms with Gasteiger partial charge >= 0.3 is 0 Å². The Morgan fingerprint density at radius 2 is 1.77 bits per heavy atom. The molecule has 0 bridgehead atoms. The van der Waals surface area contributed by atoms with Crippen LogP contribution in [-0.4, -0.2) is 49.1 Å². The highest BCUT2D eigenvalue weighted by Crippen LogP contribution is 2.24. The molecule has 2 aromatic carbocycles. The maximum atomic E-state index is 12.8. The lowest BCUT2D eigenvalue weighted by Crippen LogP contribution is -2.43. The van der Waals surface area contributed by atoms with E-state index in [0.29, 0.717) is 16.9 Å². The summed E-state index contributed by atoms with van der Waals surface area (Å²) in [6, 6.07) is 17.8. The van der Waals surface area contributed by atoms with Crippen molar-refractivity contribution in [2.45, 2.75) is 44.4 Å². The molecule has 2 heterocycles. The molecule has 0 spiro atoms. The van der Waals surface area contributed by atoms with Crippen LogP contribution in [0.3, 0.4) is 0 Å². The van der Waals surface area contributed by atoms with Crippen LogP contribution < -0.4 is 15.4 Å². The zero-order chi connectivity index (χ0) is 21.5. The zero-order valence-electron chi connectivity index (χ0n) is 17.8. The molecule has 0 atom stereocenters. The van der Waals surface area contributed by atoms with E-state index in [0.717, 1.165) is 58.4 Å². The SMILES string of the molecule is N#Cc1ccc(CN2CCC(Oc3ccccc3C(=O)NC3CCNCC3)CC2)cc1. The number of hydrogen-bond acceptors (Lipinski definition) is 5. The summed E-state index contributed by atoms with van der Waals surface area (Å²) < 4.78 is 6.29. The van der Waals surface area contributed by atoms with Crippen molar-refractivity contribution >= 4 is 5.91 Å². The molecule has 2 N–H and O–H groups in total. The molecule has 2 aromatic rings. The fraction of sp³-hybridized carbons (Fsp3) is 0.440. The van der Waals surface area contributed by atoms with Crippen LogP contribution in [0.4, 0.5) is 0 Å². The van der Waals surface area contributed by atoms with E-state index in [1.807, 2.05) is 48.5 Å². The molecule has 0 aromatic heterocycles. The Labute approximate surface area is 184 Å². The number of ether oxygens (including phenoxy) is 1. The van der Waals surface area contributed by atoms with Gasteiger partial charge in [0.1, 0.15) is 11.9 Å². The first-order chi connectivity index (χ1) is 15.2. The maximum Gasteiger partial charge on any atom is 0.255 e. The highest BCUT2D eigenvalue weighted by Gasteiger charge is 2.23. The van der Waals surface area contributed by atoms with Crippen molar-refractivity contribution in [1.82, 2.24) is 15.5 Å². The number of benzene rings is 2. The van der Waals surface area contributed by atoms with Gasteiger partial charge in [-0.1, -0.05) is 24.3 Å². The Bertz CT molecular complexity index is 908. The maximum absolute atomic E-state index is 12.8. The van der Waals surface area contributed by atoms with Gasteiger partial charge in [0, 0.05) is 25.7 Å². The van der Waals surface area contributed by atoms with Crippen LogP contribution in [0.1, 0.15) is 47.2 Å². The Morgan fingerprint density at radius 1 is 1.06 bits per heavy atom. The van der Waals surface area contributed by atoms with Gasteiger partial charge < -0.3 is 15.4 Å². The molecule has 6 heteroatoms. The van der Waals surface area contributed by atoms with E-state index in [1.54, 1.807) is 0 Å². The lowest BCUT2D eigenvalue weighted by Gasteiger charge is -2.32. The summed E-state index contributed by atoms with van der Waals surface area (Å²) in [6.07, 6.45) is 3.91. The number of carbonyl (C=O) groups is 1. The van der Waals surface area contributed by atoms with E-state index in [-0.39, 0.29) is 18.1 Å².